The number of nitrogens with two attached hydrogens (primary N) is 1. The van der Waals surface area contributed by atoms with Gasteiger partial charge in [-0.1, -0.05) is 57.9 Å². The SMILES string of the molecule is CCC(CC)CN(CC)CCc1ccccc1CN. The predicted octanol–water partition coefficient (Wildman–Crippen LogP) is 3.45. The van der Waals surface area contributed by atoms with Crippen LogP contribution in [0, 0.1) is 5.92 Å². The molecule has 2 heteroatoms. The molecule has 0 heterocycles. The molecule has 0 aliphatic rings. The molecule has 0 aliphatic carbocycles. The second kappa shape index (κ2) is 9.11. The van der Waals surface area contributed by atoms with Gasteiger partial charge in [0, 0.05) is 19.6 Å². The first-order valence-electron chi connectivity index (χ1n) is 7.74. The molecule has 0 fully saturated rings. The summed E-state index contributed by atoms with van der Waals surface area (Å²) in [5.74, 6) is 0.838. The van der Waals surface area contributed by atoms with E-state index in [0.29, 0.717) is 6.54 Å². The van der Waals surface area contributed by atoms with E-state index in [-0.39, 0.29) is 0 Å². The molecule has 0 bridgehead atoms. The summed E-state index contributed by atoms with van der Waals surface area (Å²) in [6.45, 7) is 11.0. The highest BCUT2D eigenvalue weighted by Crippen LogP contribution is 2.12. The number of hydrogen-bond donors (Lipinski definition) is 1. The molecule has 0 aromatic heterocycles. The molecule has 0 radical (unpaired) electrons. The van der Waals surface area contributed by atoms with Crippen molar-refractivity contribution < 1.29 is 0 Å². The lowest BCUT2D eigenvalue weighted by molar-refractivity contribution is 0.236. The Kier molecular flexibility index (Phi) is 7.76. The molecule has 1 rings (SSSR count). The van der Waals surface area contributed by atoms with Crippen molar-refractivity contribution >= 4 is 0 Å². The van der Waals surface area contributed by atoms with Gasteiger partial charge in [-0.25, -0.2) is 0 Å². The van der Waals surface area contributed by atoms with Crippen LogP contribution in [0.5, 0.6) is 0 Å². The molecule has 0 aliphatic heterocycles. The molecule has 1 aromatic rings. The van der Waals surface area contributed by atoms with E-state index in [1.165, 1.54) is 30.5 Å². The lowest BCUT2D eigenvalue weighted by Gasteiger charge is -2.25. The van der Waals surface area contributed by atoms with E-state index in [1.54, 1.807) is 0 Å². The second-order valence-electron chi connectivity index (χ2n) is 5.30. The van der Waals surface area contributed by atoms with Crippen molar-refractivity contribution in [3.05, 3.63) is 35.4 Å². The van der Waals surface area contributed by atoms with Crippen LogP contribution in [0.15, 0.2) is 24.3 Å². The van der Waals surface area contributed by atoms with Gasteiger partial charge in [-0.3, -0.25) is 0 Å². The Labute approximate surface area is 119 Å². The van der Waals surface area contributed by atoms with Gasteiger partial charge in [0.25, 0.3) is 0 Å². The lowest BCUT2D eigenvalue weighted by atomic mass is 10.0. The van der Waals surface area contributed by atoms with Crippen LogP contribution in [0.3, 0.4) is 0 Å². The van der Waals surface area contributed by atoms with Crippen LogP contribution in [-0.4, -0.2) is 24.5 Å². The van der Waals surface area contributed by atoms with Gasteiger partial charge < -0.3 is 10.6 Å². The molecule has 0 unspecified atom stereocenters. The molecule has 2 nitrogen and oxygen atoms in total. The molecular formula is C17H30N2. The summed E-state index contributed by atoms with van der Waals surface area (Å²) in [6.07, 6.45) is 3.68. The summed E-state index contributed by atoms with van der Waals surface area (Å²) < 4.78 is 0. The maximum atomic E-state index is 5.80. The average Bonchev–Trinajstić information content (AvgIpc) is 2.48. The Bertz CT molecular complexity index is 345. The summed E-state index contributed by atoms with van der Waals surface area (Å²) in [5, 5.41) is 0. The number of hydrogen-bond acceptors (Lipinski definition) is 2. The van der Waals surface area contributed by atoms with Crippen LogP contribution in [0.4, 0.5) is 0 Å². The highest BCUT2D eigenvalue weighted by Gasteiger charge is 2.10. The van der Waals surface area contributed by atoms with E-state index in [9.17, 15) is 0 Å². The van der Waals surface area contributed by atoms with Gasteiger partial charge in [-0.2, -0.15) is 0 Å². The zero-order valence-electron chi connectivity index (χ0n) is 12.9. The minimum atomic E-state index is 0.648. The highest BCUT2D eigenvalue weighted by molar-refractivity contribution is 5.27. The molecule has 108 valence electrons. The fraction of sp³-hybridized carbons (Fsp3) is 0.647. The predicted molar refractivity (Wildman–Crippen MR) is 84.2 cm³/mol. The van der Waals surface area contributed by atoms with Gasteiger partial charge in [-0.15, -0.1) is 0 Å². The van der Waals surface area contributed by atoms with Crippen molar-refractivity contribution in [2.75, 3.05) is 19.6 Å². The third kappa shape index (κ3) is 5.33. The quantitative estimate of drug-likeness (QED) is 0.738. The smallest absolute Gasteiger partial charge is 0.0180 e. The molecule has 0 amide bonds. The molecule has 0 spiro atoms. The Morgan fingerprint density at radius 1 is 1.05 bits per heavy atom. The van der Waals surface area contributed by atoms with Crippen LogP contribution < -0.4 is 5.73 Å². The molecule has 2 N–H and O–H groups in total. The van der Waals surface area contributed by atoms with Crippen LogP contribution in [0.2, 0.25) is 0 Å². The number of rotatable bonds is 9. The van der Waals surface area contributed by atoms with E-state index in [1.807, 2.05) is 0 Å². The average molecular weight is 262 g/mol. The Balaban J connectivity index is 2.52. The molecule has 0 atom stereocenters. The minimum absolute atomic E-state index is 0.648. The van der Waals surface area contributed by atoms with Gasteiger partial charge >= 0.3 is 0 Å². The zero-order chi connectivity index (χ0) is 14.1. The summed E-state index contributed by atoms with van der Waals surface area (Å²) in [4.78, 5) is 2.57. The largest absolute Gasteiger partial charge is 0.326 e. The first kappa shape index (κ1) is 16.2. The highest BCUT2D eigenvalue weighted by atomic mass is 15.1. The molecule has 1 aromatic carbocycles. The maximum absolute atomic E-state index is 5.80. The number of benzene rings is 1. The third-order valence-electron chi connectivity index (χ3n) is 4.15. The Morgan fingerprint density at radius 3 is 2.21 bits per heavy atom. The zero-order valence-corrected chi connectivity index (χ0v) is 12.9. The van der Waals surface area contributed by atoms with E-state index < -0.39 is 0 Å². The van der Waals surface area contributed by atoms with Gasteiger partial charge in [0.1, 0.15) is 0 Å². The van der Waals surface area contributed by atoms with Crippen LogP contribution in [-0.2, 0) is 13.0 Å². The fourth-order valence-corrected chi connectivity index (χ4v) is 2.57. The summed E-state index contributed by atoms with van der Waals surface area (Å²) >= 11 is 0. The van der Waals surface area contributed by atoms with Crippen molar-refractivity contribution in [3.63, 3.8) is 0 Å². The van der Waals surface area contributed by atoms with Gasteiger partial charge in [-0.05, 0) is 30.0 Å². The van der Waals surface area contributed by atoms with E-state index in [4.69, 9.17) is 5.73 Å². The normalized spacial score (nSPS) is 11.5. The number of likely N-dealkylation sites (N-methyl/N-ethyl adjacent to an activating group) is 1. The van der Waals surface area contributed by atoms with Crippen LogP contribution in [0.25, 0.3) is 0 Å². The lowest BCUT2D eigenvalue weighted by Crippen LogP contribution is -2.31. The first-order valence-corrected chi connectivity index (χ1v) is 7.74. The second-order valence-corrected chi connectivity index (χ2v) is 5.30. The van der Waals surface area contributed by atoms with Crippen molar-refractivity contribution in [1.82, 2.24) is 4.90 Å². The number of nitrogens with zero attached hydrogens (tertiary/aromatic N) is 1. The summed E-state index contributed by atoms with van der Waals surface area (Å²) in [6, 6.07) is 8.55. The van der Waals surface area contributed by atoms with Crippen LogP contribution in [0.1, 0.15) is 44.7 Å². The summed E-state index contributed by atoms with van der Waals surface area (Å²) in [5.41, 5.74) is 8.50. The Morgan fingerprint density at radius 2 is 1.68 bits per heavy atom. The van der Waals surface area contributed by atoms with E-state index in [2.05, 4.69) is 49.9 Å². The maximum Gasteiger partial charge on any atom is 0.0180 e. The third-order valence-corrected chi connectivity index (χ3v) is 4.15. The van der Waals surface area contributed by atoms with Crippen molar-refractivity contribution in [2.45, 2.75) is 46.6 Å². The Hall–Kier alpha value is -0.860. The fourth-order valence-electron chi connectivity index (χ4n) is 2.57. The van der Waals surface area contributed by atoms with E-state index >= 15 is 0 Å². The van der Waals surface area contributed by atoms with Gasteiger partial charge in [0.2, 0.25) is 0 Å². The van der Waals surface area contributed by atoms with Crippen molar-refractivity contribution in [3.8, 4) is 0 Å². The van der Waals surface area contributed by atoms with Crippen molar-refractivity contribution in [2.24, 2.45) is 11.7 Å². The van der Waals surface area contributed by atoms with Crippen molar-refractivity contribution in [1.29, 1.82) is 0 Å². The van der Waals surface area contributed by atoms with Crippen LogP contribution >= 0.6 is 0 Å². The van der Waals surface area contributed by atoms with Gasteiger partial charge in [0.05, 0.1) is 0 Å². The van der Waals surface area contributed by atoms with Gasteiger partial charge in [0.15, 0.2) is 0 Å². The first-order chi connectivity index (χ1) is 9.24. The minimum Gasteiger partial charge on any atom is -0.326 e. The molecule has 19 heavy (non-hydrogen) atoms. The monoisotopic (exact) mass is 262 g/mol. The topological polar surface area (TPSA) is 29.3 Å². The molecular weight excluding hydrogens is 232 g/mol. The molecule has 0 saturated heterocycles. The molecule has 0 saturated carbocycles. The standard InChI is InChI=1S/C17H30N2/c1-4-15(5-2)14-19(6-3)12-11-16-9-7-8-10-17(16)13-18/h7-10,15H,4-6,11-14,18H2,1-3H3. The van der Waals surface area contributed by atoms with E-state index in [0.717, 1.165) is 25.4 Å². The summed E-state index contributed by atoms with van der Waals surface area (Å²) in [7, 11) is 0.